The standard InChI is InChI=1S/C19H21N5O/c1-13-4-2-3-5-17(13)18-22-9-14(10-23-18)19-20-6-7-24(19)16-8-15(12-25)21-11-16/h2-7,9-10,15-16,21,25H,8,11-12H2,1H3/t15-,16+/m0/s1. The van der Waals surface area contributed by atoms with Gasteiger partial charge in [-0.2, -0.15) is 0 Å². The third-order valence-corrected chi connectivity index (χ3v) is 4.78. The predicted molar refractivity (Wildman–Crippen MR) is 96.0 cm³/mol. The van der Waals surface area contributed by atoms with Crippen LogP contribution in [0.5, 0.6) is 0 Å². The fourth-order valence-corrected chi connectivity index (χ4v) is 3.39. The Morgan fingerprint density at radius 2 is 2.00 bits per heavy atom. The lowest BCUT2D eigenvalue weighted by atomic mass is 10.1. The fraction of sp³-hybridized carbons (Fsp3) is 0.316. The van der Waals surface area contributed by atoms with E-state index in [0.29, 0.717) is 0 Å². The maximum absolute atomic E-state index is 9.32. The summed E-state index contributed by atoms with van der Waals surface area (Å²) in [7, 11) is 0. The molecule has 4 rings (SSSR count). The van der Waals surface area contributed by atoms with E-state index in [9.17, 15) is 5.11 Å². The quantitative estimate of drug-likeness (QED) is 0.764. The first-order valence-electron chi connectivity index (χ1n) is 8.51. The van der Waals surface area contributed by atoms with Crippen LogP contribution in [0.3, 0.4) is 0 Å². The van der Waals surface area contributed by atoms with Crippen LogP contribution >= 0.6 is 0 Å². The third-order valence-electron chi connectivity index (χ3n) is 4.78. The van der Waals surface area contributed by atoms with Crippen LogP contribution in [0.2, 0.25) is 0 Å². The first-order chi connectivity index (χ1) is 12.3. The van der Waals surface area contributed by atoms with E-state index in [4.69, 9.17) is 0 Å². The number of aliphatic hydroxyl groups is 1. The van der Waals surface area contributed by atoms with Crippen LogP contribution in [0, 0.1) is 6.92 Å². The summed E-state index contributed by atoms with van der Waals surface area (Å²) >= 11 is 0. The van der Waals surface area contributed by atoms with Gasteiger partial charge < -0.3 is 15.0 Å². The highest BCUT2D eigenvalue weighted by Crippen LogP contribution is 2.27. The van der Waals surface area contributed by atoms with Gasteiger partial charge in [0.15, 0.2) is 5.82 Å². The summed E-state index contributed by atoms with van der Waals surface area (Å²) in [6.07, 6.45) is 8.34. The van der Waals surface area contributed by atoms with Gasteiger partial charge in [0.25, 0.3) is 0 Å². The van der Waals surface area contributed by atoms with Crippen LogP contribution in [0.4, 0.5) is 0 Å². The van der Waals surface area contributed by atoms with Crippen molar-refractivity contribution in [2.24, 2.45) is 0 Å². The molecule has 1 saturated heterocycles. The molecular weight excluding hydrogens is 314 g/mol. The van der Waals surface area contributed by atoms with Gasteiger partial charge in [-0.25, -0.2) is 15.0 Å². The monoisotopic (exact) mass is 335 g/mol. The maximum Gasteiger partial charge on any atom is 0.159 e. The lowest BCUT2D eigenvalue weighted by Crippen LogP contribution is -2.24. The molecule has 2 atom stereocenters. The molecular formula is C19H21N5O. The van der Waals surface area contributed by atoms with E-state index in [1.807, 2.05) is 36.8 Å². The van der Waals surface area contributed by atoms with Crippen molar-refractivity contribution in [3.05, 3.63) is 54.6 Å². The van der Waals surface area contributed by atoms with Gasteiger partial charge in [0.1, 0.15) is 5.82 Å². The van der Waals surface area contributed by atoms with Crippen molar-refractivity contribution in [2.45, 2.75) is 25.4 Å². The summed E-state index contributed by atoms with van der Waals surface area (Å²) in [4.78, 5) is 13.6. The van der Waals surface area contributed by atoms with Gasteiger partial charge >= 0.3 is 0 Å². The molecule has 2 aromatic heterocycles. The average molecular weight is 335 g/mol. The second-order valence-corrected chi connectivity index (χ2v) is 6.45. The largest absolute Gasteiger partial charge is 0.395 e. The highest BCUT2D eigenvalue weighted by molar-refractivity contribution is 5.61. The molecule has 1 aliphatic rings. The molecule has 0 bridgehead atoms. The van der Waals surface area contributed by atoms with E-state index in [0.717, 1.165) is 41.3 Å². The molecule has 128 valence electrons. The Morgan fingerprint density at radius 1 is 1.20 bits per heavy atom. The van der Waals surface area contributed by atoms with Gasteiger partial charge in [-0.05, 0) is 18.9 Å². The fourth-order valence-electron chi connectivity index (χ4n) is 3.39. The molecule has 1 aliphatic heterocycles. The lowest BCUT2D eigenvalue weighted by Gasteiger charge is -2.14. The zero-order valence-electron chi connectivity index (χ0n) is 14.1. The van der Waals surface area contributed by atoms with Gasteiger partial charge in [-0.3, -0.25) is 0 Å². The maximum atomic E-state index is 9.32. The number of benzene rings is 1. The number of aromatic nitrogens is 4. The minimum atomic E-state index is 0.153. The van der Waals surface area contributed by atoms with Gasteiger partial charge in [0, 0.05) is 49.0 Å². The van der Waals surface area contributed by atoms with Crippen molar-refractivity contribution in [3.8, 4) is 22.8 Å². The molecule has 3 aromatic rings. The van der Waals surface area contributed by atoms with Crippen LogP contribution in [-0.4, -0.2) is 43.8 Å². The summed E-state index contributed by atoms with van der Waals surface area (Å²) in [5, 5.41) is 12.7. The zero-order valence-corrected chi connectivity index (χ0v) is 14.1. The predicted octanol–water partition coefficient (Wildman–Crippen LogP) is 2.21. The van der Waals surface area contributed by atoms with Crippen molar-refractivity contribution in [1.29, 1.82) is 0 Å². The summed E-state index contributed by atoms with van der Waals surface area (Å²) in [5.41, 5.74) is 3.10. The highest BCUT2D eigenvalue weighted by Gasteiger charge is 2.26. The molecule has 1 aromatic carbocycles. The Labute approximate surface area is 146 Å². The molecule has 0 saturated carbocycles. The smallest absolute Gasteiger partial charge is 0.159 e. The van der Waals surface area contributed by atoms with E-state index in [1.54, 1.807) is 6.20 Å². The normalized spacial score (nSPS) is 20.1. The molecule has 6 nitrogen and oxygen atoms in total. The Bertz CT molecular complexity index is 858. The van der Waals surface area contributed by atoms with E-state index in [1.165, 1.54) is 0 Å². The van der Waals surface area contributed by atoms with Crippen molar-refractivity contribution >= 4 is 0 Å². The summed E-state index contributed by atoms with van der Waals surface area (Å²) < 4.78 is 2.15. The summed E-state index contributed by atoms with van der Waals surface area (Å²) in [6.45, 7) is 3.05. The van der Waals surface area contributed by atoms with E-state index in [-0.39, 0.29) is 18.7 Å². The average Bonchev–Trinajstić information content (AvgIpc) is 3.31. The second-order valence-electron chi connectivity index (χ2n) is 6.45. The topological polar surface area (TPSA) is 75.9 Å². The van der Waals surface area contributed by atoms with Crippen LogP contribution in [-0.2, 0) is 0 Å². The Balaban J connectivity index is 1.62. The van der Waals surface area contributed by atoms with Gasteiger partial charge in [0.05, 0.1) is 12.2 Å². The highest BCUT2D eigenvalue weighted by atomic mass is 16.3. The molecule has 0 spiro atoms. The SMILES string of the molecule is Cc1ccccc1-c1ncc(-c2nccn2[C@H]2CN[C@H](CO)C2)cn1. The molecule has 6 heteroatoms. The van der Waals surface area contributed by atoms with Crippen molar-refractivity contribution in [2.75, 3.05) is 13.2 Å². The Hall–Kier alpha value is -2.57. The number of aryl methyl sites for hydroxylation is 1. The van der Waals surface area contributed by atoms with Gasteiger partial charge in [0.2, 0.25) is 0 Å². The first kappa shape index (κ1) is 15.9. The molecule has 0 amide bonds. The second kappa shape index (κ2) is 6.74. The number of imidazole rings is 1. The van der Waals surface area contributed by atoms with Crippen LogP contribution in [0.1, 0.15) is 18.0 Å². The molecule has 25 heavy (non-hydrogen) atoms. The molecule has 0 aliphatic carbocycles. The number of nitrogens with zero attached hydrogens (tertiary/aromatic N) is 4. The number of hydrogen-bond acceptors (Lipinski definition) is 5. The minimum absolute atomic E-state index is 0.153. The van der Waals surface area contributed by atoms with Gasteiger partial charge in [-0.15, -0.1) is 0 Å². The zero-order chi connectivity index (χ0) is 17.2. The Morgan fingerprint density at radius 3 is 2.72 bits per heavy atom. The molecule has 0 unspecified atom stereocenters. The third kappa shape index (κ3) is 3.06. The van der Waals surface area contributed by atoms with Crippen molar-refractivity contribution < 1.29 is 5.11 Å². The van der Waals surface area contributed by atoms with E-state index < -0.39 is 0 Å². The first-order valence-corrected chi connectivity index (χ1v) is 8.51. The van der Waals surface area contributed by atoms with Crippen LogP contribution in [0.15, 0.2) is 49.1 Å². The Kier molecular flexibility index (Phi) is 4.29. The molecule has 1 fully saturated rings. The molecule has 2 N–H and O–H groups in total. The lowest BCUT2D eigenvalue weighted by molar-refractivity contribution is 0.253. The number of nitrogens with one attached hydrogen (secondary N) is 1. The van der Waals surface area contributed by atoms with E-state index in [2.05, 4.69) is 37.8 Å². The number of hydrogen-bond donors (Lipinski definition) is 2. The van der Waals surface area contributed by atoms with Crippen molar-refractivity contribution in [1.82, 2.24) is 24.8 Å². The summed E-state index contributed by atoms with van der Waals surface area (Å²) in [6, 6.07) is 8.54. The number of aliphatic hydroxyl groups excluding tert-OH is 1. The van der Waals surface area contributed by atoms with E-state index >= 15 is 0 Å². The van der Waals surface area contributed by atoms with Crippen LogP contribution in [0.25, 0.3) is 22.8 Å². The van der Waals surface area contributed by atoms with Crippen LogP contribution < -0.4 is 5.32 Å². The number of rotatable bonds is 4. The summed E-state index contributed by atoms with van der Waals surface area (Å²) in [5.74, 6) is 1.59. The molecule has 0 radical (unpaired) electrons. The van der Waals surface area contributed by atoms with Crippen molar-refractivity contribution in [3.63, 3.8) is 0 Å². The molecule has 3 heterocycles. The van der Waals surface area contributed by atoms with Gasteiger partial charge in [-0.1, -0.05) is 24.3 Å². The minimum Gasteiger partial charge on any atom is -0.395 e.